The van der Waals surface area contributed by atoms with Crippen LogP contribution in [0.4, 0.5) is 15.3 Å². The standard InChI is InChI=1S/C72H107N7O21/c1-40(2)64(78-61(82)24-27-93-29-30-94-28-26-79-62(83)22-23-63(79)84)70(87)77-54(9-8-25-74-71(73)88)69(86)76-44-13-11-43(12-14-44)39-95-72(89)75-38-50(91-6)35-60-67(92-7)52-33-45(80)32-49-19-21-57-68(98-49)65(85)53-36-51(66(53)100-57)55(81)34-47(90-5)16-17-48-31-42(4)56(97-48)20-18-46-15-10-41(3)58(96-46)37-59(52)99-60/h11-14,22-23,40,46-60,64-68,81,85H,3-4,8-10,15-21,24-39H2,1-2,5-7H3,(H,75,89)(H,76,86)(H,77,87)(H,78,82)(H3,73,74,88)/t46-,47-,48+,49-,50+,51+,52+,53?,54+,55-,56+,57+,58-,59+,60-,64+,65-,66?,67-,68+/m1/s1. The molecule has 556 valence electrons. The number of hydrogen-bond acceptors (Lipinski definition) is 21. The van der Waals surface area contributed by atoms with E-state index < -0.39 is 103 Å². The van der Waals surface area contributed by atoms with Crippen molar-refractivity contribution in [1.82, 2.24) is 26.2 Å². The van der Waals surface area contributed by atoms with Crippen LogP contribution in [0.2, 0.25) is 0 Å². The molecule has 0 spiro atoms. The van der Waals surface area contributed by atoms with Crippen LogP contribution in [-0.2, 0) is 87.5 Å². The van der Waals surface area contributed by atoms with Crippen molar-refractivity contribution in [3.63, 3.8) is 0 Å². The lowest BCUT2D eigenvalue weighted by molar-refractivity contribution is -0.296. The number of benzene rings is 1. The van der Waals surface area contributed by atoms with Crippen LogP contribution in [0.25, 0.3) is 0 Å². The zero-order chi connectivity index (χ0) is 71.6. The van der Waals surface area contributed by atoms with Crippen molar-refractivity contribution in [2.75, 3.05) is 72.7 Å². The van der Waals surface area contributed by atoms with Crippen LogP contribution in [0.15, 0.2) is 60.7 Å². The van der Waals surface area contributed by atoms with Crippen LogP contribution >= 0.6 is 0 Å². The first kappa shape index (κ1) is 77.9. The Bertz CT molecular complexity index is 2970. The van der Waals surface area contributed by atoms with Crippen LogP contribution in [0.1, 0.15) is 135 Å². The molecule has 8 heterocycles. The Kier molecular flexibility index (Phi) is 29.4. The Morgan fingerprint density at radius 1 is 0.700 bits per heavy atom. The van der Waals surface area contributed by atoms with Gasteiger partial charge in [0.25, 0.3) is 11.8 Å². The second kappa shape index (κ2) is 37.8. The summed E-state index contributed by atoms with van der Waals surface area (Å²) in [4.78, 5) is 104. The van der Waals surface area contributed by atoms with E-state index in [2.05, 4.69) is 39.7 Å². The number of carbonyl (C=O) groups is 8. The number of ether oxygens (including phenoxy) is 11. The third-order valence-electron chi connectivity index (χ3n) is 21.0. The summed E-state index contributed by atoms with van der Waals surface area (Å²) in [6, 6.07) is 3.68. The summed E-state index contributed by atoms with van der Waals surface area (Å²) in [5.74, 6) is -3.57. The maximum atomic E-state index is 14.4. The molecule has 7 saturated heterocycles. The summed E-state index contributed by atoms with van der Waals surface area (Å²) in [6.45, 7) is 12.9. The number of ketones is 1. The van der Waals surface area contributed by atoms with E-state index in [1.165, 1.54) is 19.3 Å². The smallest absolute Gasteiger partial charge is 0.407 e. The number of aliphatic hydroxyl groups is 2. The lowest BCUT2D eigenvalue weighted by Crippen LogP contribution is -2.66. The van der Waals surface area contributed by atoms with Gasteiger partial charge in [0.15, 0.2) is 0 Å². The lowest BCUT2D eigenvalue weighted by Gasteiger charge is -2.57. The molecule has 28 nitrogen and oxygen atoms in total. The van der Waals surface area contributed by atoms with Gasteiger partial charge in [0.05, 0.1) is 118 Å². The molecular weight excluding hydrogens is 1300 g/mol. The number of fused-ring (bicyclic) bond motifs is 8. The molecule has 1 aromatic rings. The van der Waals surface area contributed by atoms with E-state index >= 15 is 0 Å². The number of carbonyl (C=O) groups excluding carboxylic acids is 8. The zero-order valence-electron chi connectivity index (χ0n) is 58.6. The van der Waals surface area contributed by atoms with Crippen LogP contribution in [0, 0.1) is 23.7 Å². The molecule has 0 aromatic heterocycles. The first-order chi connectivity index (χ1) is 48.1. The van der Waals surface area contributed by atoms with Crippen molar-refractivity contribution in [2.45, 2.75) is 240 Å². The number of methoxy groups -OCH3 is 3. The maximum Gasteiger partial charge on any atom is 0.407 e. The topological polar surface area (TPSA) is 368 Å². The Hall–Kier alpha value is -6.28. The Balaban J connectivity index is 0.761. The van der Waals surface area contributed by atoms with Crippen LogP contribution in [0.3, 0.4) is 0 Å². The van der Waals surface area contributed by atoms with Crippen molar-refractivity contribution in [1.29, 1.82) is 0 Å². The highest BCUT2D eigenvalue weighted by Crippen LogP contribution is 2.50. The van der Waals surface area contributed by atoms with Gasteiger partial charge in [0, 0.05) is 102 Å². The van der Waals surface area contributed by atoms with Crippen molar-refractivity contribution in [3.8, 4) is 0 Å². The molecule has 9 N–H and O–H groups in total. The third-order valence-corrected chi connectivity index (χ3v) is 21.0. The minimum Gasteiger partial charge on any atom is -0.445 e. The Labute approximate surface area is 585 Å². The van der Waals surface area contributed by atoms with Gasteiger partial charge >= 0.3 is 12.1 Å². The molecule has 10 bridgehead atoms. The summed E-state index contributed by atoms with van der Waals surface area (Å²) < 4.78 is 68.2. The van der Waals surface area contributed by atoms with E-state index in [-0.39, 0.29) is 157 Å². The van der Waals surface area contributed by atoms with E-state index in [0.717, 1.165) is 61.0 Å². The quantitative estimate of drug-likeness (QED) is 0.0329. The number of primary amides is 1. The number of Topliss-reactive ketones (excluding diaryl/α,β-unsaturated/α-hetero) is 1. The van der Waals surface area contributed by atoms with E-state index in [1.807, 2.05) is 0 Å². The molecule has 8 aliphatic heterocycles. The number of anilines is 1. The Morgan fingerprint density at radius 2 is 1.42 bits per heavy atom. The van der Waals surface area contributed by atoms with Crippen molar-refractivity contribution < 1.29 is 101 Å². The third kappa shape index (κ3) is 21.7. The number of hydrogen-bond donors (Lipinski definition) is 8. The molecule has 9 aliphatic rings. The first-order valence-electron chi connectivity index (χ1n) is 35.8. The highest BCUT2D eigenvalue weighted by molar-refractivity contribution is 6.12. The van der Waals surface area contributed by atoms with Crippen molar-refractivity contribution >= 4 is 53.1 Å². The van der Waals surface area contributed by atoms with Crippen LogP contribution in [-0.4, -0.2) is 234 Å². The number of nitrogens with two attached hydrogens (primary N) is 1. The molecule has 100 heavy (non-hydrogen) atoms. The van der Waals surface area contributed by atoms with E-state index in [9.17, 15) is 48.6 Å². The fraction of sp³-hybridized carbons (Fsp3) is 0.722. The second-order valence-electron chi connectivity index (χ2n) is 28.3. The highest BCUT2D eigenvalue weighted by Gasteiger charge is 2.58. The molecule has 8 fully saturated rings. The van der Waals surface area contributed by atoms with E-state index in [1.54, 1.807) is 52.3 Å². The number of aliphatic hydroxyl groups excluding tert-OH is 2. The fourth-order valence-corrected chi connectivity index (χ4v) is 15.3. The van der Waals surface area contributed by atoms with Gasteiger partial charge in [-0.3, -0.25) is 33.7 Å². The van der Waals surface area contributed by atoms with Gasteiger partial charge in [-0.2, -0.15) is 0 Å². The molecule has 1 aliphatic carbocycles. The molecular formula is C72H107N7O21. The van der Waals surface area contributed by atoms with E-state index in [0.29, 0.717) is 49.8 Å². The molecule has 2 unspecified atom stereocenters. The van der Waals surface area contributed by atoms with Gasteiger partial charge in [-0.25, -0.2) is 9.59 Å². The molecule has 0 radical (unpaired) electrons. The minimum absolute atomic E-state index is 0.00364. The molecule has 1 aromatic carbocycles. The normalized spacial score (nSPS) is 31.8. The summed E-state index contributed by atoms with van der Waals surface area (Å²) in [5, 5.41) is 36.9. The second-order valence-corrected chi connectivity index (χ2v) is 28.3. The number of rotatable bonds is 28. The maximum absolute atomic E-state index is 14.4. The molecule has 20 atom stereocenters. The van der Waals surface area contributed by atoms with Gasteiger partial charge in [0.2, 0.25) is 17.7 Å². The predicted molar refractivity (Wildman–Crippen MR) is 362 cm³/mol. The van der Waals surface area contributed by atoms with Crippen molar-refractivity contribution in [2.24, 2.45) is 29.4 Å². The molecule has 10 rings (SSSR count). The summed E-state index contributed by atoms with van der Waals surface area (Å²) in [7, 11) is 4.83. The van der Waals surface area contributed by atoms with Crippen LogP contribution in [0.5, 0.6) is 0 Å². The van der Waals surface area contributed by atoms with Gasteiger partial charge in [-0.1, -0.05) is 39.1 Å². The number of nitrogens with zero attached hydrogens (tertiary/aromatic N) is 1. The fourth-order valence-electron chi connectivity index (χ4n) is 15.3. The zero-order valence-corrected chi connectivity index (χ0v) is 58.6. The van der Waals surface area contributed by atoms with Crippen LogP contribution < -0.4 is 32.3 Å². The molecule has 28 heteroatoms. The Morgan fingerprint density at radius 3 is 2.14 bits per heavy atom. The summed E-state index contributed by atoms with van der Waals surface area (Å²) >= 11 is 0. The number of alkyl carbamates (subject to hydrolysis) is 1. The van der Waals surface area contributed by atoms with Gasteiger partial charge in [0.1, 0.15) is 30.6 Å². The number of urea groups is 1. The van der Waals surface area contributed by atoms with Gasteiger partial charge < -0.3 is 94.6 Å². The average Bonchev–Trinajstić information content (AvgIpc) is 1.00. The average molecular weight is 1410 g/mol. The van der Waals surface area contributed by atoms with E-state index in [4.69, 9.17) is 57.8 Å². The largest absolute Gasteiger partial charge is 0.445 e. The van der Waals surface area contributed by atoms with Gasteiger partial charge in [-0.05, 0) is 118 Å². The number of amides is 8. The first-order valence-corrected chi connectivity index (χ1v) is 35.8. The lowest BCUT2D eigenvalue weighted by atomic mass is 9.62. The minimum atomic E-state index is -1.10. The van der Waals surface area contributed by atoms with Gasteiger partial charge in [-0.15, -0.1) is 0 Å². The summed E-state index contributed by atoms with van der Waals surface area (Å²) in [5.41, 5.74) is 8.24. The van der Waals surface area contributed by atoms with Crippen molar-refractivity contribution in [3.05, 3.63) is 66.3 Å². The summed E-state index contributed by atoms with van der Waals surface area (Å²) in [6.07, 6.45) is 4.58. The number of nitrogens with one attached hydrogen (secondary N) is 5. The predicted octanol–water partition coefficient (Wildman–Crippen LogP) is 4.29. The molecule has 8 amide bonds. The monoisotopic (exact) mass is 1410 g/mol. The molecule has 1 saturated carbocycles. The SMILES string of the molecule is C=C1C[C@@H]2CC[C@@H](OC)C[C@@H](O)[C@@H]3CC4C3O[C@H]3CC[C@H](CC(=O)C[C@@H]5[C@@H](OC)[C@@H](C[C@@H](CNC(=O)OCc6ccc(NC(=O)[C@H](CCCNC(N)=O)NC(=O)[C@@H](NC(=O)CCOCCOCCN7C(=O)C=CC7=O)C(C)C)cc6)OC)O[C@H]5C[C@H]5O[C@H](CCC5=C)CC[C@@H]1O2)O[C@@H]3[C@@H]4O. The highest BCUT2D eigenvalue weighted by atomic mass is 16.6. The number of imide groups is 1.